The fourth-order valence-electron chi connectivity index (χ4n) is 2.23. The Labute approximate surface area is 127 Å². The average Bonchev–Trinajstić information content (AvgIpc) is 2.47. The number of anilines is 1. The van der Waals surface area contributed by atoms with Gasteiger partial charge in [0.25, 0.3) is 0 Å². The summed E-state index contributed by atoms with van der Waals surface area (Å²) in [5.41, 5.74) is 4.78. The molecule has 1 N–H and O–H groups in total. The molecule has 0 aliphatic rings. The van der Waals surface area contributed by atoms with Gasteiger partial charge in [-0.1, -0.05) is 39.0 Å². The van der Waals surface area contributed by atoms with Gasteiger partial charge >= 0.3 is 0 Å². The molecule has 0 spiro atoms. The maximum Gasteiger partial charge on any atom is 0.133 e. The second-order valence-electron chi connectivity index (χ2n) is 5.83. The molecule has 0 radical (unpaired) electrons. The molecule has 0 aliphatic carbocycles. The smallest absolute Gasteiger partial charge is 0.133 e. The van der Waals surface area contributed by atoms with Gasteiger partial charge in [-0.25, -0.2) is 9.97 Å². The Morgan fingerprint density at radius 2 is 1.90 bits per heavy atom. The predicted molar refractivity (Wildman–Crippen MR) is 89.8 cm³/mol. The van der Waals surface area contributed by atoms with Crippen molar-refractivity contribution in [3.8, 4) is 11.3 Å². The summed E-state index contributed by atoms with van der Waals surface area (Å²) in [6.07, 6.45) is 1.08. The van der Waals surface area contributed by atoms with Crippen LogP contribution in [0.1, 0.15) is 50.1 Å². The molecule has 1 aromatic carbocycles. The molecule has 1 aromatic heterocycles. The number of nitrogens with one attached hydrogen (secondary N) is 1. The number of benzene rings is 1. The van der Waals surface area contributed by atoms with Gasteiger partial charge in [0.1, 0.15) is 11.6 Å². The Balaban J connectivity index is 2.51. The van der Waals surface area contributed by atoms with Gasteiger partial charge in [0.05, 0.1) is 5.69 Å². The highest BCUT2D eigenvalue weighted by atomic mass is 15.0. The zero-order valence-corrected chi connectivity index (χ0v) is 13.7. The van der Waals surface area contributed by atoms with Crippen LogP contribution >= 0.6 is 0 Å². The maximum absolute atomic E-state index is 4.76. The summed E-state index contributed by atoms with van der Waals surface area (Å²) in [6, 6.07) is 8.43. The molecular formula is C18H25N3. The number of nitrogens with zero attached hydrogens (tertiary/aromatic N) is 2. The van der Waals surface area contributed by atoms with Gasteiger partial charge in [0.2, 0.25) is 0 Å². The van der Waals surface area contributed by atoms with Gasteiger partial charge in [-0.05, 0) is 31.4 Å². The predicted octanol–water partition coefficient (Wildman–Crippen LogP) is 4.71. The van der Waals surface area contributed by atoms with Gasteiger partial charge in [0.15, 0.2) is 0 Å². The lowest BCUT2D eigenvalue weighted by atomic mass is 10.0. The number of aryl methyl sites for hydroxylation is 1. The fourth-order valence-corrected chi connectivity index (χ4v) is 2.23. The fraction of sp³-hybridized carbons (Fsp3) is 0.444. The standard InChI is InChI=1S/C18H25N3/c1-6-10-19-17-11-16(20-18(21-17)12(2)3)15-9-7-8-13(4)14(15)5/h7-9,11-12H,6,10H2,1-5H3,(H,19,20,21). The second kappa shape index (κ2) is 6.70. The van der Waals surface area contributed by atoms with Crippen LogP contribution in [0.25, 0.3) is 11.3 Å². The molecule has 112 valence electrons. The Bertz CT molecular complexity index is 618. The topological polar surface area (TPSA) is 37.8 Å². The Morgan fingerprint density at radius 3 is 2.57 bits per heavy atom. The molecule has 0 atom stereocenters. The minimum absolute atomic E-state index is 0.317. The van der Waals surface area contributed by atoms with Crippen molar-refractivity contribution in [3.63, 3.8) is 0 Å². The van der Waals surface area contributed by atoms with E-state index in [-0.39, 0.29) is 0 Å². The Kier molecular flexibility index (Phi) is 4.94. The highest BCUT2D eigenvalue weighted by Gasteiger charge is 2.11. The first-order valence-corrected chi connectivity index (χ1v) is 7.72. The van der Waals surface area contributed by atoms with E-state index in [0.717, 1.165) is 30.3 Å². The third kappa shape index (κ3) is 3.60. The summed E-state index contributed by atoms with van der Waals surface area (Å²) in [7, 11) is 0. The zero-order valence-electron chi connectivity index (χ0n) is 13.7. The van der Waals surface area contributed by atoms with Crippen LogP contribution in [-0.4, -0.2) is 16.5 Å². The first-order chi connectivity index (χ1) is 10.0. The second-order valence-corrected chi connectivity index (χ2v) is 5.83. The molecule has 0 unspecified atom stereocenters. The molecule has 2 rings (SSSR count). The number of rotatable bonds is 5. The highest BCUT2D eigenvalue weighted by Crippen LogP contribution is 2.27. The van der Waals surface area contributed by atoms with E-state index in [1.165, 1.54) is 16.7 Å². The van der Waals surface area contributed by atoms with Crippen molar-refractivity contribution < 1.29 is 0 Å². The average molecular weight is 283 g/mol. The molecule has 1 heterocycles. The SMILES string of the molecule is CCCNc1cc(-c2cccc(C)c2C)nc(C(C)C)n1. The van der Waals surface area contributed by atoms with Crippen LogP contribution in [0.2, 0.25) is 0 Å². The van der Waals surface area contributed by atoms with Gasteiger partial charge in [0, 0.05) is 24.1 Å². The van der Waals surface area contributed by atoms with E-state index in [0.29, 0.717) is 5.92 Å². The van der Waals surface area contributed by atoms with E-state index in [1.807, 2.05) is 0 Å². The molecule has 0 saturated carbocycles. The van der Waals surface area contributed by atoms with Crippen LogP contribution in [0, 0.1) is 13.8 Å². The van der Waals surface area contributed by atoms with E-state index < -0.39 is 0 Å². The monoisotopic (exact) mass is 283 g/mol. The molecule has 0 fully saturated rings. The van der Waals surface area contributed by atoms with Crippen molar-refractivity contribution in [1.29, 1.82) is 0 Å². The van der Waals surface area contributed by atoms with Crippen LogP contribution in [-0.2, 0) is 0 Å². The number of aromatic nitrogens is 2. The van der Waals surface area contributed by atoms with Crippen molar-refractivity contribution in [3.05, 3.63) is 41.2 Å². The summed E-state index contributed by atoms with van der Waals surface area (Å²) in [6.45, 7) is 11.6. The molecule has 21 heavy (non-hydrogen) atoms. The van der Waals surface area contributed by atoms with Crippen LogP contribution in [0.4, 0.5) is 5.82 Å². The largest absolute Gasteiger partial charge is 0.370 e. The first-order valence-electron chi connectivity index (χ1n) is 7.72. The maximum atomic E-state index is 4.76. The van der Waals surface area contributed by atoms with Crippen molar-refractivity contribution in [2.75, 3.05) is 11.9 Å². The van der Waals surface area contributed by atoms with E-state index in [9.17, 15) is 0 Å². The van der Waals surface area contributed by atoms with Crippen molar-refractivity contribution in [2.24, 2.45) is 0 Å². The molecule has 0 bridgehead atoms. The van der Waals surface area contributed by atoms with Crippen LogP contribution in [0.3, 0.4) is 0 Å². The Morgan fingerprint density at radius 1 is 1.14 bits per heavy atom. The van der Waals surface area contributed by atoms with E-state index >= 15 is 0 Å². The van der Waals surface area contributed by atoms with Gasteiger partial charge in [-0.15, -0.1) is 0 Å². The number of hydrogen-bond acceptors (Lipinski definition) is 3. The third-order valence-electron chi connectivity index (χ3n) is 3.70. The molecule has 0 amide bonds. The summed E-state index contributed by atoms with van der Waals surface area (Å²) in [4.78, 5) is 9.39. The van der Waals surface area contributed by atoms with E-state index in [1.54, 1.807) is 0 Å². The van der Waals surface area contributed by atoms with E-state index in [4.69, 9.17) is 4.98 Å². The lowest BCUT2D eigenvalue weighted by Gasteiger charge is -2.13. The number of hydrogen-bond donors (Lipinski definition) is 1. The van der Waals surface area contributed by atoms with Crippen molar-refractivity contribution >= 4 is 5.82 Å². The lowest BCUT2D eigenvalue weighted by molar-refractivity contribution is 0.775. The summed E-state index contributed by atoms with van der Waals surface area (Å²) >= 11 is 0. The molecule has 0 saturated heterocycles. The first kappa shape index (κ1) is 15.5. The molecule has 3 heteroatoms. The van der Waals surface area contributed by atoms with E-state index in [2.05, 4.69) is 69.2 Å². The molecular weight excluding hydrogens is 258 g/mol. The zero-order chi connectivity index (χ0) is 15.4. The van der Waals surface area contributed by atoms with Crippen molar-refractivity contribution in [2.45, 2.75) is 47.0 Å². The minimum Gasteiger partial charge on any atom is -0.370 e. The van der Waals surface area contributed by atoms with Gasteiger partial charge in [-0.3, -0.25) is 0 Å². The van der Waals surface area contributed by atoms with Crippen molar-refractivity contribution in [1.82, 2.24) is 9.97 Å². The van der Waals surface area contributed by atoms with Crippen LogP contribution in [0.5, 0.6) is 0 Å². The van der Waals surface area contributed by atoms with Gasteiger partial charge in [-0.2, -0.15) is 0 Å². The minimum atomic E-state index is 0.317. The van der Waals surface area contributed by atoms with Gasteiger partial charge < -0.3 is 5.32 Å². The molecule has 3 nitrogen and oxygen atoms in total. The lowest BCUT2D eigenvalue weighted by Crippen LogP contribution is -2.07. The van der Waals surface area contributed by atoms with Crippen LogP contribution in [0.15, 0.2) is 24.3 Å². The van der Waals surface area contributed by atoms with Crippen LogP contribution < -0.4 is 5.32 Å². The molecule has 0 aliphatic heterocycles. The Hall–Kier alpha value is -1.90. The normalized spacial score (nSPS) is 11.0. The summed E-state index contributed by atoms with van der Waals surface area (Å²) in [5.74, 6) is 2.13. The third-order valence-corrected chi connectivity index (χ3v) is 3.70. The highest BCUT2D eigenvalue weighted by molar-refractivity contribution is 5.67. The molecule has 2 aromatic rings. The quantitative estimate of drug-likeness (QED) is 0.863. The summed E-state index contributed by atoms with van der Waals surface area (Å²) < 4.78 is 0. The summed E-state index contributed by atoms with van der Waals surface area (Å²) in [5, 5.41) is 3.38.